The van der Waals surface area contributed by atoms with Crippen LogP contribution in [0.15, 0.2) is 23.8 Å². The summed E-state index contributed by atoms with van der Waals surface area (Å²) in [4.78, 5) is 11.1. The highest BCUT2D eigenvalue weighted by molar-refractivity contribution is 5.73. The predicted octanol–water partition coefficient (Wildman–Crippen LogP) is 0.196. The molecule has 0 aromatic carbocycles. The average molecular weight is 328 g/mol. The van der Waals surface area contributed by atoms with Crippen molar-refractivity contribution in [1.29, 1.82) is 0 Å². The SMILES string of the molecule is C=C(C)C1CC=C(C)C(OC2O[C@H](C(=O)O)[C@@H](O)[C@H](O)[C@H]2O)C1. The second kappa shape index (κ2) is 7.11. The third kappa shape index (κ3) is 3.81. The van der Waals surface area contributed by atoms with Gasteiger partial charge in [-0.15, -0.1) is 0 Å². The van der Waals surface area contributed by atoms with E-state index in [4.69, 9.17) is 14.6 Å². The summed E-state index contributed by atoms with van der Waals surface area (Å²) in [6, 6.07) is 0. The van der Waals surface area contributed by atoms with E-state index < -0.39 is 36.7 Å². The van der Waals surface area contributed by atoms with Crippen molar-refractivity contribution >= 4 is 5.97 Å². The van der Waals surface area contributed by atoms with Crippen molar-refractivity contribution in [3.63, 3.8) is 0 Å². The lowest BCUT2D eigenvalue weighted by molar-refractivity contribution is -0.302. The summed E-state index contributed by atoms with van der Waals surface area (Å²) in [5.41, 5.74) is 1.97. The first kappa shape index (κ1) is 18.1. The lowest BCUT2D eigenvalue weighted by Crippen LogP contribution is -2.61. The lowest BCUT2D eigenvalue weighted by Gasteiger charge is -2.41. The highest BCUT2D eigenvalue weighted by Crippen LogP contribution is 2.33. The van der Waals surface area contributed by atoms with Crippen LogP contribution >= 0.6 is 0 Å². The maximum absolute atomic E-state index is 11.1. The quantitative estimate of drug-likeness (QED) is 0.545. The number of aliphatic hydroxyl groups excluding tert-OH is 3. The highest BCUT2D eigenvalue weighted by Gasteiger charge is 2.48. The van der Waals surface area contributed by atoms with Crippen molar-refractivity contribution in [3.8, 4) is 0 Å². The minimum atomic E-state index is -1.71. The van der Waals surface area contributed by atoms with Crippen LogP contribution in [-0.2, 0) is 14.3 Å². The molecule has 7 heteroatoms. The van der Waals surface area contributed by atoms with Gasteiger partial charge in [-0.2, -0.15) is 0 Å². The second-order valence-corrected chi connectivity index (χ2v) is 6.32. The molecule has 0 aromatic heterocycles. The van der Waals surface area contributed by atoms with Crippen LogP contribution in [0.2, 0.25) is 0 Å². The largest absolute Gasteiger partial charge is 0.479 e. The van der Waals surface area contributed by atoms with E-state index in [9.17, 15) is 20.1 Å². The van der Waals surface area contributed by atoms with Crippen molar-refractivity contribution in [1.82, 2.24) is 0 Å². The number of aliphatic hydroxyl groups is 3. The smallest absolute Gasteiger partial charge is 0.335 e. The monoisotopic (exact) mass is 328 g/mol. The number of hydrogen-bond donors (Lipinski definition) is 4. The third-order valence-corrected chi connectivity index (χ3v) is 4.54. The van der Waals surface area contributed by atoms with Gasteiger partial charge in [-0.1, -0.05) is 18.2 Å². The van der Waals surface area contributed by atoms with Crippen molar-refractivity contribution < 1.29 is 34.7 Å². The first-order valence-corrected chi connectivity index (χ1v) is 7.62. The Morgan fingerprint density at radius 1 is 1.30 bits per heavy atom. The molecule has 1 saturated heterocycles. The topological polar surface area (TPSA) is 116 Å². The van der Waals surface area contributed by atoms with Gasteiger partial charge in [-0.3, -0.25) is 0 Å². The molecule has 2 rings (SSSR count). The molecule has 0 radical (unpaired) electrons. The van der Waals surface area contributed by atoms with Crippen LogP contribution in [0.25, 0.3) is 0 Å². The van der Waals surface area contributed by atoms with E-state index in [0.717, 1.165) is 17.6 Å². The van der Waals surface area contributed by atoms with Gasteiger partial charge in [-0.05, 0) is 38.2 Å². The summed E-state index contributed by atoms with van der Waals surface area (Å²) in [6.45, 7) is 7.76. The van der Waals surface area contributed by atoms with Crippen LogP contribution < -0.4 is 0 Å². The van der Waals surface area contributed by atoms with Crippen molar-refractivity contribution in [2.24, 2.45) is 5.92 Å². The summed E-state index contributed by atoms with van der Waals surface area (Å²) in [5.74, 6) is -1.19. The molecule has 0 saturated carbocycles. The van der Waals surface area contributed by atoms with E-state index in [1.807, 2.05) is 19.9 Å². The predicted molar refractivity (Wildman–Crippen MR) is 80.5 cm³/mol. The standard InChI is InChI=1S/C16H24O7/c1-7(2)9-5-4-8(3)10(6-9)22-16-13(19)11(17)12(18)14(23-16)15(20)21/h4,9-14,16-19H,1,5-6H2,2-3H3,(H,20,21)/t9?,10?,11-,12-,13+,14-,16?/m0/s1. The molecule has 3 unspecified atom stereocenters. The van der Waals surface area contributed by atoms with Crippen LogP contribution in [-0.4, -0.2) is 63.2 Å². The van der Waals surface area contributed by atoms with Crippen LogP contribution in [0.1, 0.15) is 26.7 Å². The summed E-state index contributed by atoms with van der Waals surface area (Å²) in [6.07, 6.45) is -4.74. The number of hydrogen-bond acceptors (Lipinski definition) is 6. The maximum atomic E-state index is 11.1. The Balaban J connectivity index is 2.11. The van der Waals surface area contributed by atoms with E-state index in [-0.39, 0.29) is 12.0 Å². The van der Waals surface area contributed by atoms with Gasteiger partial charge in [0, 0.05) is 0 Å². The van der Waals surface area contributed by atoms with Gasteiger partial charge < -0.3 is 29.9 Å². The second-order valence-electron chi connectivity index (χ2n) is 6.32. The molecule has 0 spiro atoms. The number of carbonyl (C=O) groups is 1. The van der Waals surface area contributed by atoms with Gasteiger partial charge >= 0.3 is 5.97 Å². The minimum absolute atomic E-state index is 0.232. The van der Waals surface area contributed by atoms with Gasteiger partial charge in [0.2, 0.25) is 0 Å². The Morgan fingerprint density at radius 2 is 1.96 bits per heavy atom. The molecule has 0 bridgehead atoms. The summed E-state index contributed by atoms with van der Waals surface area (Å²) in [7, 11) is 0. The number of aliphatic carboxylic acids is 1. The molecule has 23 heavy (non-hydrogen) atoms. The molecule has 1 fully saturated rings. The fraction of sp³-hybridized carbons (Fsp3) is 0.688. The number of ether oxygens (including phenoxy) is 2. The molecule has 1 aliphatic heterocycles. The molecule has 2 aliphatic rings. The molecule has 7 nitrogen and oxygen atoms in total. The Morgan fingerprint density at radius 3 is 2.52 bits per heavy atom. The Hall–Kier alpha value is -1.25. The van der Waals surface area contributed by atoms with Gasteiger partial charge in [0.05, 0.1) is 6.10 Å². The molecule has 0 aromatic rings. The zero-order valence-electron chi connectivity index (χ0n) is 13.3. The normalized spacial score (nSPS) is 41.3. The first-order chi connectivity index (χ1) is 10.7. The Kier molecular flexibility index (Phi) is 5.59. The molecule has 130 valence electrons. The highest BCUT2D eigenvalue weighted by atomic mass is 16.7. The number of rotatable bonds is 4. The molecule has 1 heterocycles. The molecule has 4 N–H and O–H groups in total. The zero-order chi connectivity index (χ0) is 17.3. The Bertz CT molecular complexity index is 501. The summed E-state index contributed by atoms with van der Waals surface area (Å²) in [5, 5.41) is 38.6. The van der Waals surface area contributed by atoms with Crippen LogP contribution in [0.5, 0.6) is 0 Å². The van der Waals surface area contributed by atoms with Crippen molar-refractivity contribution in [3.05, 3.63) is 23.8 Å². The fourth-order valence-corrected chi connectivity index (χ4v) is 2.89. The van der Waals surface area contributed by atoms with Crippen LogP contribution in [0.4, 0.5) is 0 Å². The first-order valence-electron chi connectivity index (χ1n) is 7.62. The maximum Gasteiger partial charge on any atom is 0.335 e. The van der Waals surface area contributed by atoms with Gasteiger partial charge in [-0.25, -0.2) is 4.79 Å². The lowest BCUT2D eigenvalue weighted by atomic mass is 9.84. The van der Waals surface area contributed by atoms with Crippen molar-refractivity contribution in [2.45, 2.75) is 63.5 Å². The average Bonchev–Trinajstić information content (AvgIpc) is 2.49. The van der Waals surface area contributed by atoms with E-state index >= 15 is 0 Å². The fourth-order valence-electron chi connectivity index (χ4n) is 2.89. The third-order valence-electron chi connectivity index (χ3n) is 4.54. The van der Waals surface area contributed by atoms with E-state index in [0.29, 0.717) is 6.42 Å². The Labute approximate surface area is 134 Å². The molecular weight excluding hydrogens is 304 g/mol. The van der Waals surface area contributed by atoms with E-state index in [1.165, 1.54) is 0 Å². The molecule has 1 aliphatic carbocycles. The summed E-state index contributed by atoms with van der Waals surface area (Å²) < 4.78 is 10.9. The molecule has 7 atom stereocenters. The summed E-state index contributed by atoms with van der Waals surface area (Å²) >= 11 is 0. The van der Waals surface area contributed by atoms with Gasteiger partial charge in [0.15, 0.2) is 12.4 Å². The zero-order valence-corrected chi connectivity index (χ0v) is 13.3. The van der Waals surface area contributed by atoms with Crippen molar-refractivity contribution in [2.75, 3.05) is 0 Å². The van der Waals surface area contributed by atoms with Crippen LogP contribution in [0, 0.1) is 5.92 Å². The van der Waals surface area contributed by atoms with E-state index in [2.05, 4.69) is 6.58 Å². The van der Waals surface area contributed by atoms with Gasteiger partial charge in [0.1, 0.15) is 18.3 Å². The van der Waals surface area contributed by atoms with Crippen LogP contribution in [0.3, 0.4) is 0 Å². The minimum Gasteiger partial charge on any atom is -0.479 e. The number of carboxylic acid groups (broad SMARTS) is 1. The number of allylic oxidation sites excluding steroid dienone is 2. The number of carboxylic acids is 1. The molecule has 0 amide bonds. The molecular formula is C16H24O7. The van der Waals surface area contributed by atoms with Gasteiger partial charge in [0.25, 0.3) is 0 Å². The van der Waals surface area contributed by atoms with E-state index in [1.54, 1.807) is 0 Å².